The van der Waals surface area contributed by atoms with Crippen molar-refractivity contribution < 1.29 is 47.8 Å². The Bertz CT molecular complexity index is 2600. The number of carbonyl (C=O) groups is 5. The summed E-state index contributed by atoms with van der Waals surface area (Å²) in [5.74, 6) is -2.47. The third-order valence-corrected chi connectivity index (χ3v) is 12.4. The zero-order valence-corrected chi connectivity index (χ0v) is 39.9. The first-order valence-corrected chi connectivity index (χ1v) is 22.7. The molecule has 5 aromatic rings. The number of nitro groups is 1. The highest BCUT2D eigenvalue weighted by Gasteiger charge is 2.40. The molecule has 4 amide bonds. The fraction of sp³-hybridized carbons (Fsp3) is 0.340. The van der Waals surface area contributed by atoms with Crippen LogP contribution in [0.3, 0.4) is 0 Å². The van der Waals surface area contributed by atoms with Crippen molar-refractivity contribution in [3.8, 4) is 22.6 Å². The van der Waals surface area contributed by atoms with Crippen molar-refractivity contribution in [2.75, 3.05) is 41.5 Å². The normalized spacial score (nSPS) is 13.1. The molecule has 6 rings (SSSR count). The molecule has 0 saturated carbocycles. The number of ether oxygens (including phenoxy) is 4. The number of methoxy groups -OCH3 is 1. The van der Waals surface area contributed by atoms with Crippen LogP contribution in [0.4, 0.5) is 10.5 Å². The lowest BCUT2D eigenvalue weighted by Gasteiger charge is -2.35. The number of nitro benzene ring substituents is 1. The average molecular weight is 942 g/mol. The summed E-state index contributed by atoms with van der Waals surface area (Å²) in [4.78, 5) is 83.6. The topological polar surface area (TPSA) is 196 Å². The van der Waals surface area contributed by atoms with E-state index in [0.29, 0.717) is 17.5 Å². The second-order valence-electron chi connectivity index (χ2n) is 17.3. The summed E-state index contributed by atoms with van der Waals surface area (Å²) in [6.07, 6.45) is -0.955. The number of amides is 4. The molecule has 0 heterocycles. The van der Waals surface area contributed by atoms with Gasteiger partial charge >= 0.3 is 12.1 Å². The molecule has 0 aromatic heterocycles. The number of benzene rings is 5. The van der Waals surface area contributed by atoms with Gasteiger partial charge in [0.25, 0.3) is 5.69 Å². The Labute approximate surface area is 402 Å². The third-order valence-electron chi connectivity index (χ3n) is 12.4. The van der Waals surface area contributed by atoms with Gasteiger partial charge in [-0.1, -0.05) is 109 Å². The fourth-order valence-electron chi connectivity index (χ4n) is 8.50. The maximum Gasteiger partial charge on any atom is 0.410 e. The van der Waals surface area contributed by atoms with Gasteiger partial charge in [-0.3, -0.25) is 34.2 Å². The van der Waals surface area contributed by atoms with Gasteiger partial charge in [0.05, 0.1) is 42.7 Å². The Kier molecular flexibility index (Phi) is 16.8. The summed E-state index contributed by atoms with van der Waals surface area (Å²) in [5.41, 5.74) is 4.03. The first kappa shape index (κ1) is 50.7. The van der Waals surface area contributed by atoms with E-state index in [4.69, 9.17) is 18.9 Å². The molecule has 0 bridgehead atoms. The van der Waals surface area contributed by atoms with Gasteiger partial charge in [-0.25, -0.2) is 4.79 Å². The van der Waals surface area contributed by atoms with Crippen LogP contribution in [0, 0.1) is 10.1 Å². The minimum atomic E-state index is -1.51. The molecule has 0 aliphatic heterocycles. The number of fused-ring (bicyclic) bond motifs is 3. The summed E-state index contributed by atoms with van der Waals surface area (Å²) >= 11 is 0. The van der Waals surface area contributed by atoms with Crippen LogP contribution in [-0.4, -0.2) is 98.1 Å². The Morgan fingerprint density at radius 2 is 1.39 bits per heavy atom. The van der Waals surface area contributed by atoms with Gasteiger partial charge in [0.1, 0.15) is 24.3 Å². The molecule has 1 aliphatic carbocycles. The minimum Gasteiger partial charge on any atom is -0.493 e. The van der Waals surface area contributed by atoms with Gasteiger partial charge in [-0.15, -0.1) is 0 Å². The standard InChI is InChI=1S/C53H59N5O11/c1-34(41-30-46(66-7)47(31-43(41)58(64)65)67-28-18-27-48(59)54-4)55-50(61)44(29-35-19-10-8-11-20-35)56(5)51(62)45(32-49(60)69-53(2,3)36-21-12-9-13-22-36)57(6)52(63)68-33-42-39-25-16-14-23-37(39)38-24-15-17-26-40(38)42/h8-17,19-26,30-31,34,42,44-45H,18,27-29,32-33H2,1-7H3,(H,54,59)(H,55,61)/t34?,44-,45-/m0/s1. The van der Waals surface area contributed by atoms with Crippen LogP contribution in [0.25, 0.3) is 11.1 Å². The monoisotopic (exact) mass is 941 g/mol. The van der Waals surface area contributed by atoms with E-state index in [0.717, 1.165) is 27.2 Å². The molecule has 3 atom stereocenters. The van der Waals surface area contributed by atoms with E-state index in [2.05, 4.69) is 10.6 Å². The zero-order valence-electron chi connectivity index (χ0n) is 39.9. The first-order chi connectivity index (χ1) is 33.0. The maximum atomic E-state index is 15.0. The van der Waals surface area contributed by atoms with Gasteiger partial charge < -0.3 is 34.5 Å². The van der Waals surface area contributed by atoms with Crippen LogP contribution >= 0.6 is 0 Å². The average Bonchev–Trinajstić information content (AvgIpc) is 3.67. The summed E-state index contributed by atoms with van der Waals surface area (Å²) in [6.45, 7) is 5.02. The highest BCUT2D eigenvalue weighted by molar-refractivity contribution is 5.94. The summed E-state index contributed by atoms with van der Waals surface area (Å²) in [7, 11) is 5.66. The fourth-order valence-corrected chi connectivity index (χ4v) is 8.50. The van der Waals surface area contributed by atoms with E-state index in [9.17, 15) is 29.3 Å². The lowest BCUT2D eigenvalue weighted by atomic mass is 9.98. The van der Waals surface area contributed by atoms with Crippen molar-refractivity contribution >= 4 is 35.5 Å². The van der Waals surface area contributed by atoms with E-state index in [1.54, 1.807) is 51.1 Å². The second kappa shape index (κ2) is 22.8. The van der Waals surface area contributed by atoms with Crippen molar-refractivity contribution in [2.24, 2.45) is 0 Å². The van der Waals surface area contributed by atoms with Crippen LogP contribution in [-0.2, 0) is 40.7 Å². The summed E-state index contributed by atoms with van der Waals surface area (Å²) in [5, 5.41) is 17.9. The molecule has 1 aliphatic rings. The zero-order chi connectivity index (χ0) is 49.8. The van der Waals surface area contributed by atoms with Gasteiger partial charge in [0, 0.05) is 39.9 Å². The number of esters is 1. The quantitative estimate of drug-likeness (QED) is 0.0314. The molecule has 0 spiro atoms. The number of carbonyl (C=O) groups excluding carboxylic acids is 5. The number of hydrogen-bond donors (Lipinski definition) is 2. The largest absolute Gasteiger partial charge is 0.493 e. The molecule has 5 aromatic carbocycles. The van der Waals surface area contributed by atoms with Crippen LogP contribution in [0.2, 0.25) is 0 Å². The number of nitrogens with one attached hydrogen (secondary N) is 2. The molecule has 0 radical (unpaired) electrons. The van der Waals surface area contributed by atoms with Crippen LogP contribution < -0.4 is 20.1 Å². The number of hydrogen-bond acceptors (Lipinski definition) is 11. The van der Waals surface area contributed by atoms with Gasteiger partial charge in [0.15, 0.2) is 11.5 Å². The minimum absolute atomic E-state index is 0.0112. The Hall–Kier alpha value is -7.75. The molecule has 16 nitrogen and oxygen atoms in total. The third kappa shape index (κ3) is 12.2. The molecule has 0 fully saturated rings. The molecular weight excluding hydrogens is 883 g/mol. The Morgan fingerprint density at radius 3 is 1.99 bits per heavy atom. The number of likely N-dealkylation sites (N-methyl/N-ethyl adjacent to an activating group) is 2. The van der Waals surface area contributed by atoms with Gasteiger partial charge in [0.2, 0.25) is 17.7 Å². The molecular formula is C53H59N5O11. The first-order valence-electron chi connectivity index (χ1n) is 22.7. The summed E-state index contributed by atoms with van der Waals surface area (Å²) < 4.78 is 23.3. The molecule has 0 saturated heterocycles. The number of rotatable bonds is 21. The molecule has 1 unspecified atom stereocenters. The maximum absolute atomic E-state index is 15.0. The van der Waals surface area contributed by atoms with Gasteiger partial charge in [-0.05, 0) is 66.6 Å². The van der Waals surface area contributed by atoms with Crippen molar-refractivity contribution in [1.82, 2.24) is 20.4 Å². The second-order valence-corrected chi connectivity index (χ2v) is 17.3. The lowest BCUT2D eigenvalue weighted by molar-refractivity contribution is -0.385. The van der Waals surface area contributed by atoms with Crippen molar-refractivity contribution in [3.63, 3.8) is 0 Å². The Balaban J connectivity index is 1.28. The van der Waals surface area contributed by atoms with E-state index in [-0.39, 0.29) is 60.6 Å². The highest BCUT2D eigenvalue weighted by atomic mass is 16.6. The van der Waals surface area contributed by atoms with Crippen LogP contribution in [0.1, 0.15) is 79.8 Å². The molecule has 16 heteroatoms. The van der Waals surface area contributed by atoms with Gasteiger partial charge in [-0.2, -0.15) is 0 Å². The van der Waals surface area contributed by atoms with Crippen LogP contribution in [0.5, 0.6) is 11.5 Å². The van der Waals surface area contributed by atoms with E-state index < -0.39 is 58.9 Å². The number of nitrogens with zero attached hydrogens (tertiary/aromatic N) is 3. The van der Waals surface area contributed by atoms with Crippen molar-refractivity contribution in [2.45, 2.75) is 76.1 Å². The molecule has 2 N–H and O–H groups in total. The summed E-state index contributed by atoms with van der Waals surface area (Å²) in [6, 6.07) is 32.6. The Morgan fingerprint density at radius 1 is 0.797 bits per heavy atom. The lowest BCUT2D eigenvalue weighted by Crippen LogP contribution is -2.56. The predicted molar refractivity (Wildman–Crippen MR) is 259 cm³/mol. The smallest absolute Gasteiger partial charge is 0.410 e. The van der Waals surface area contributed by atoms with Crippen molar-refractivity contribution in [1.29, 1.82) is 0 Å². The predicted octanol–water partition coefficient (Wildman–Crippen LogP) is 7.87. The SMILES string of the molecule is CNC(=O)CCCOc1cc([N+](=O)[O-])c(C(C)NC(=O)[C@H](Cc2ccccc2)N(C)C(=O)[C@H](CC(=O)OC(C)(C)c2ccccc2)N(C)C(=O)OCC2c3ccccc3-c3ccccc32)cc1OC. The molecule has 362 valence electrons. The van der Waals surface area contributed by atoms with Crippen LogP contribution in [0.15, 0.2) is 121 Å². The highest BCUT2D eigenvalue weighted by Crippen LogP contribution is 2.45. The molecule has 69 heavy (non-hydrogen) atoms. The van der Waals surface area contributed by atoms with E-state index in [1.807, 2.05) is 78.9 Å². The van der Waals surface area contributed by atoms with E-state index in [1.165, 1.54) is 45.3 Å². The van der Waals surface area contributed by atoms with E-state index >= 15 is 4.79 Å². The van der Waals surface area contributed by atoms with Crippen molar-refractivity contribution in [3.05, 3.63) is 159 Å².